The van der Waals surface area contributed by atoms with Crippen molar-refractivity contribution in [2.45, 2.75) is 32.0 Å². The maximum atomic E-state index is 12.5. The number of fused-ring (bicyclic) bond motifs is 1. The van der Waals surface area contributed by atoms with Crippen LogP contribution in [-0.2, 0) is 19.4 Å². The van der Waals surface area contributed by atoms with Gasteiger partial charge in [0.1, 0.15) is 11.6 Å². The minimum Gasteiger partial charge on any atom is -0.330 e. The van der Waals surface area contributed by atoms with E-state index in [9.17, 15) is 13.2 Å². The lowest BCUT2D eigenvalue weighted by Gasteiger charge is -2.25. The molecule has 4 nitrogen and oxygen atoms in total. The molecule has 0 aliphatic carbocycles. The molecule has 0 saturated heterocycles. The first-order valence-electron chi connectivity index (χ1n) is 5.20. The molecule has 1 aliphatic rings. The average molecular weight is 234 g/mol. The molecule has 2 N–H and O–H groups in total. The number of alkyl halides is 3. The highest BCUT2D eigenvalue weighted by atomic mass is 19.4. The van der Waals surface area contributed by atoms with Gasteiger partial charge >= 0.3 is 6.18 Å². The molecule has 0 bridgehead atoms. The van der Waals surface area contributed by atoms with Gasteiger partial charge in [0.15, 0.2) is 0 Å². The van der Waals surface area contributed by atoms with Crippen LogP contribution in [0.15, 0.2) is 0 Å². The predicted octanol–water partition coefficient (Wildman–Crippen LogP) is 0.904. The lowest BCUT2D eigenvalue weighted by Crippen LogP contribution is -2.31. The van der Waals surface area contributed by atoms with Gasteiger partial charge in [-0.3, -0.25) is 0 Å². The van der Waals surface area contributed by atoms with E-state index in [1.807, 2.05) is 0 Å². The first-order chi connectivity index (χ1) is 7.52. The summed E-state index contributed by atoms with van der Waals surface area (Å²) in [6.45, 7) is 0.767. The molecule has 16 heavy (non-hydrogen) atoms. The highest BCUT2D eigenvalue weighted by Crippen LogP contribution is 2.34. The maximum Gasteiger partial charge on any atom is 0.392 e. The molecule has 2 rings (SSSR count). The van der Waals surface area contributed by atoms with E-state index in [-0.39, 0.29) is 12.8 Å². The maximum absolute atomic E-state index is 12.5. The van der Waals surface area contributed by atoms with Crippen LogP contribution in [0.2, 0.25) is 0 Å². The molecule has 0 amide bonds. The number of hydrogen-bond donors (Lipinski definition) is 1. The van der Waals surface area contributed by atoms with Crippen molar-refractivity contribution >= 4 is 0 Å². The van der Waals surface area contributed by atoms with Gasteiger partial charge in [0.2, 0.25) is 0 Å². The van der Waals surface area contributed by atoms with Crippen LogP contribution in [0.4, 0.5) is 13.2 Å². The van der Waals surface area contributed by atoms with Crippen molar-refractivity contribution in [2.24, 2.45) is 11.7 Å². The van der Waals surface area contributed by atoms with Gasteiger partial charge in [-0.1, -0.05) is 0 Å². The van der Waals surface area contributed by atoms with Gasteiger partial charge in [-0.2, -0.15) is 13.2 Å². The Labute approximate surface area is 90.6 Å². The summed E-state index contributed by atoms with van der Waals surface area (Å²) in [7, 11) is 0. The van der Waals surface area contributed by atoms with Crippen LogP contribution in [0.3, 0.4) is 0 Å². The van der Waals surface area contributed by atoms with E-state index in [0.29, 0.717) is 31.2 Å². The third-order valence-corrected chi connectivity index (χ3v) is 2.87. The molecular weight excluding hydrogens is 221 g/mol. The van der Waals surface area contributed by atoms with Crippen molar-refractivity contribution in [3.63, 3.8) is 0 Å². The molecule has 1 aromatic heterocycles. The summed E-state index contributed by atoms with van der Waals surface area (Å²) in [5, 5.41) is 7.67. The average Bonchev–Trinajstić information content (AvgIpc) is 2.60. The zero-order valence-corrected chi connectivity index (χ0v) is 8.67. The molecule has 1 atom stereocenters. The van der Waals surface area contributed by atoms with Gasteiger partial charge in [0.25, 0.3) is 0 Å². The number of aromatic nitrogens is 3. The first kappa shape index (κ1) is 11.4. The molecule has 0 saturated carbocycles. The molecule has 7 heteroatoms. The third-order valence-electron chi connectivity index (χ3n) is 2.87. The van der Waals surface area contributed by atoms with Gasteiger partial charge < -0.3 is 10.3 Å². The van der Waals surface area contributed by atoms with Crippen LogP contribution in [0.5, 0.6) is 0 Å². The summed E-state index contributed by atoms with van der Waals surface area (Å²) in [5.41, 5.74) is 5.39. The summed E-state index contributed by atoms with van der Waals surface area (Å²) in [6.07, 6.45) is -3.54. The fourth-order valence-corrected chi connectivity index (χ4v) is 1.98. The van der Waals surface area contributed by atoms with E-state index in [4.69, 9.17) is 5.73 Å². The number of nitrogens with zero attached hydrogens (tertiary/aromatic N) is 3. The number of rotatable bonds is 2. The minimum atomic E-state index is -4.13. The molecule has 1 aliphatic heterocycles. The van der Waals surface area contributed by atoms with E-state index in [2.05, 4.69) is 10.2 Å². The van der Waals surface area contributed by atoms with Gasteiger partial charge in [-0.15, -0.1) is 10.2 Å². The van der Waals surface area contributed by atoms with E-state index in [1.54, 1.807) is 4.57 Å². The highest BCUT2D eigenvalue weighted by molar-refractivity contribution is 5.01. The number of hydrogen-bond acceptors (Lipinski definition) is 3. The van der Waals surface area contributed by atoms with Crippen molar-refractivity contribution in [2.75, 3.05) is 6.54 Å². The van der Waals surface area contributed by atoms with Crippen molar-refractivity contribution in [1.82, 2.24) is 14.8 Å². The van der Waals surface area contributed by atoms with Crippen LogP contribution < -0.4 is 5.73 Å². The fraction of sp³-hybridized carbons (Fsp3) is 0.778. The third kappa shape index (κ3) is 2.04. The van der Waals surface area contributed by atoms with Crippen LogP contribution in [0.25, 0.3) is 0 Å². The predicted molar refractivity (Wildman–Crippen MR) is 50.6 cm³/mol. The second kappa shape index (κ2) is 4.04. The Morgan fingerprint density at radius 2 is 2.12 bits per heavy atom. The number of nitrogens with two attached hydrogens (primary N) is 1. The molecule has 0 spiro atoms. The van der Waals surface area contributed by atoms with Crippen molar-refractivity contribution in [1.29, 1.82) is 0 Å². The zero-order valence-electron chi connectivity index (χ0n) is 8.67. The Hall–Kier alpha value is -1.11. The van der Waals surface area contributed by atoms with Gasteiger partial charge in [0, 0.05) is 19.4 Å². The minimum absolute atomic E-state index is 0.0684. The lowest BCUT2D eigenvalue weighted by molar-refractivity contribution is -0.179. The Kier molecular flexibility index (Phi) is 2.88. The normalized spacial score (nSPS) is 20.9. The van der Waals surface area contributed by atoms with E-state index < -0.39 is 12.1 Å². The summed E-state index contributed by atoms with van der Waals surface area (Å²) in [6, 6.07) is 0. The molecule has 0 unspecified atom stereocenters. The summed E-state index contributed by atoms with van der Waals surface area (Å²) in [5.74, 6) is -0.162. The van der Waals surface area contributed by atoms with Gasteiger partial charge in [-0.25, -0.2) is 0 Å². The summed E-state index contributed by atoms with van der Waals surface area (Å²) < 4.78 is 39.3. The smallest absolute Gasteiger partial charge is 0.330 e. The van der Waals surface area contributed by atoms with Crippen molar-refractivity contribution in [3.05, 3.63) is 11.6 Å². The zero-order chi connectivity index (χ0) is 11.8. The SMILES string of the molecule is NCCc1nnc2n1CC[C@@H](C(F)(F)F)C2. The second-order valence-corrected chi connectivity index (χ2v) is 3.95. The van der Waals surface area contributed by atoms with Crippen LogP contribution >= 0.6 is 0 Å². The Morgan fingerprint density at radius 1 is 1.38 bits per heavy atom. The Bertz CT molecular complexity index is 371. The van der Waals surface area contributed by atoms with E-state index in [0.717, 1.165) is 0 Å². The fourth-order valence-electron chi connectivity index (χ4n) is 1.98. The molecular formula is C9H13F3N4. The highest BCUT2D eigenvalue weighted by Gasteiger charge is 2.42. The standard InChI is InChI=1S/C9H13F3N4/c10-9(11,12)6-2-4-16-7(1-3-13)14-15-8(16)5-6/h6H,1-5,13H2/t6-/m1/s1. The molecule has 0 aromatic carbocycles. The molecule has 90 valence electrons. The lowest BCUT2D eigenvalue weighted by atomic mass is 9.97. The second-order valence-electron chi connectivity index (χ2n) is 3.95. The van der Waals surface area contributed by atoms with Gasteiger partial charge in [0.05, 0.1) is 5.92 Å². The van der Waals surface area contributed by atoms with Crippen LogP contribution in [0, 0.1) is 5.92 Å². The molecule has 0 radical (unpaired) electrons. The van der Waals surface area contributed by atoms with E-state index >= 15 is 0 Å². The monoisotopic (exact) mass is 234 g/mol. The number of halogens is 3. The van der Waals surface area contributed by atoms with Crippen LogP contribution in [-0.4, -0.2) is 27.5 Å². The van der Waals surface area contributed by atoms with Gasteiger partial charge in [-0.05, 0) is 13.0 Å². The van der Waals surface area contributed by atoms with E-state index in [1.165, 1.54) is 0 Å². The Balaban J connectivity index is 2.17. The summed E-state index contributed by atoms with van der Waals surface area (Å²) >= 11 is 0. The molecule has 1 aromatic rings. The molecule has 2 heterocycles. The summed E-state index contributed by atoms with van der Waals surface area (Å²) in [4.78, 5) is 0. The van der Waals surface area contributed by atoms with Crippen molar-refractivity contribution < 1.29 is 13.2 Å². The quantitative estimate of drug-likeness (QED) is 0.827. The van der Waals surface area contributed by atoms with Crippen LogP contribution in [0.1, 0.15) is 18.1 Å². The first-order valence-corrected chi connectivity index (χ1v) is 5.20. The van der Waals surface area contributed by atoms with Crippen molar-refractivity contribution in [3.8, 4) is 0 Å². The Morgan fingerprint density at radius 3 is 2.75 bits per heavy atom. The largest absolute Gasteiger partial charge is 0.392 e. The topological polar surface area (TPSA) is 56.7 Å². The molecule has 0 fully saturated rings.